The number of hydrogen-bond acceptors (Lipinski definition) is 6. The minimum absolute atomic E-state index is 0.0710. The second kappa shape index (κ2) is 8.90. The number of ether oxygens (including phenoxy) is 1. The Kier molecular flexibility index (Phi) is 5.79. The fourth-order valence-electron chi connectivity index (χ4n) is 4.29. The molecule has 4 aromatic rings. The molecular weight excluding hydrogens is 450 g/mol. The molecule has 1 aliphatic heterocycles. The lowest BCUT2D eigenvalue weighted by Gasteiger charge is -2.19. The molecule has 3 aromatic heterocycles. The summed E-state index contributed by atoms with van der Waals surface area (Å²) in [6, 6.07) is 13.5. The number of amides is 2. The first-order valence-electron chi connectivity index (χ1n) is 11.1. The van der Waals surface area contributed by atoms with E-state index in [1.54, 1.807) is 24.0 Å². The molecule has 5 rings (SSSR count). The molecule has 34 heavy (non-hydrogen) atoms. The summed E-state index contributed by atoms with van der Waals surface area (Å²) in [6.45, 7) is 3.06. The van der Waals surface area contributed by atoms with Gasteiger partial charge in [-0.2, -0.15) is 0 Å². The van der Waals surface area contributed by atoms with E-state index in [4.69, 9.17) is 4.74 Å². The third-order valence-corrected chi connectivity index (χ3v) is 7.32. The zero-order chi connectivity index (χ0) is 23.8. The van der Waals surface area contributed by atoms with Gasteiger partial charge in [0, 0.05) is 31.1 Å². The van der Waals surface area contributed by atoms with Gasteiger partial charge < -0.3 is 14.5 Å². The highest BCUT2D eigenvalue weighted by atomic mass is 32.1. The molecule has 0 N–H and O–H groups in total. The highest BCUT2D eigenvalue weighted by Crippen LogP contribution is 2.39. The van der Waals surface area contributed by atoms with Crippen molar-refractivity contribution in [2.45, 2.75) is 26.3 Å². The average molecular weight is 476 g/mol. The molecule has 1 fully saturated rings. The van der Waals surface area contributed by atoms with Gasteiger partial charge in [0.15, 0.2) is 11.5 Å². The summed E-state index contributed by atoms with van der Waals surface area (Å²) in [6.07, 6.45) is 3.32. The predicted octanol–water partition coefficient (Wildman–Crippen LogP) is 4.17. The van der Waals surface area contributed by atoms with Crippen LogP contribution in [-0.2, 0) is 11.3 Å². The van der Waals surface area contributed by atoms with E-state index >= 15 is 0 Å². The van der Waals surface area contributed by atoms with Crippen molar-refractivity contribution in [3.05, 3.63) is 64.9 Å². The number of aryl methyl sites for hydroxylation is 1. The number of fused-ring (bicyclic) bond motifs is 1. The van der Waals surface area contributed by atoms with Gasteiger partial charge >= 0.3 is 0 Å². The Morgan fingerprint density at radius 1 is 1.21 bits per heavy atom. The maximum atomic E-state index is 13.2. The van der Waals surface area contributed by atoms with E-state index in [0.717, 1.165) is 33.8 Å². The van der Waals surface area contributed by atoms with Gasteiger partial charge in [0.2, 0.25) is 5.91 Å². The summed E-state index contributed by atoms with van der Waals surface area (Å²) in [5, 5.41) is 8.39. The zero-order valence-corrected chi connectivity index (χ0v) is 20.1. The van der Waals surface area contributed by atoms with Crippen LogP contribution in [0.15, 0.2) is 48.7 Å². The molecule has 0 saturated carbocycles. The van der Waals surface area contributed by atoms with Crippen molar-refractivity contribution in [3.8, 4) is 16.2 Å². The normalized spacial score (nSPS) is 13.6. The number of thiophene rings is 1. The Hall–Kier alpha value is -3.72. The molecule has 8 nitrogen and oxygen atoms in total. The van der Waals surface area contributed by atoms with E-state index in [1.807, 2.05) is 60.0 Å². The van der Waals surface area contributed by atoms with Crippen LogP contribution in [0.1, 0.15) is 33.9 Å². The second-order valence-electron chi connectivity index (χ2n) is 8.36. The first-order valence-corrected chi connectivity index (χ1v) is 11.9. The largest absolute Gasteiger partial charge is 0.495 e. The van der Waals surface area contributed by atoms with E-state index in [2.05, 4.69) is 10.2 Å². The van der Waals surface area contributed by atoms with Gasteiger partial charge in [0.25, 0.3) is 5.91 Å². The molecule has 0 unspecified atom stereocenters. The van der Waals surface area contributed by atoms with E-state index in [1.165, 1.54) is 11.3 Å². The van der Waals surface area contributed by atoms with Crippen LogP contribution in [0.25, 0.3) is 16.1 Å². The van der Waals surface area contributed by atoms with Gasteiger partial charge in [-0.05, 0) is 54.8 Å². The summed E-state index contributed by atoms with van der Waals surface area (Å²) in [7, 11) is 3.38. The highest BCUT2D eigenvalue weighted by molar-refractivity contribution is 7.17. The van der Waals surface area contributed by atoms with Crippen molar-refractivity contribution in [2.75, 3.05) is 25.6 Å². The van der Waals surface area contributed by atoms with Crippen molar-refractivity contribution in [1.29, 1.82) is 0 Å². The van der Waals surface area contributed by atoms with Crippen molar-refractivity contribution in [1.82, 2.24) is 19.5 Å². The lowest BCUT2D eigenvalue weighted by atomic mass is 10.1. The minimum atomic E-state index is -0.0710. The fraction of sp³-hybridized carbons (Fsp3) is 0.280. The van der Waals surface area contributed by atoms with Gasteiger partial charge in [-0.1, -0.05) is 12.1 Å². The Labute approximate surface area is 201 Å². The summed E-state index contributed by atoms with van der Waals surface area (Å²) in [5.74, 6) is 1.41. The predicted molar refractivity (Wildman–Crippen MR) is 131 cm³/mol. The average Bonchev–Trinajstić information content (AvgIpc) is 3.57. The van der Waals surface area contributed by atoms with Gasteiger partial charge in [0.1, 0.15) is 5.75 Å². The van der Waals surface area contributed by atoms with Crippen molar-refractivity contribution in [3.63, 3.8) is 0 Å². The van der Waals surface area contributed by atoms with Gasteiger partial charge in [-0.25, -0.2) is 0 Å². The zero-order valence-electron chi connectivity index (χ0n) is 19.3. The molecular formula is C25H25N5O3S. The van der Waals surface area contributed by atoms with Crippen molar-refractivity contribution < 1.29 is 14.3 Å². The fourth-order valence-corrected chi connectivity index (χ4v) is 5.45. The van der Waals surface area contributed by atoms with E-state index in [-0.39, 0.29) is 11.8 Å². The number of benzene rings is 1. The quantitative estimate of drug-likeness (QED) is 0.418. The molecule has 2 amide bonds. The molecule has 0 spiro atoms. The number of nitrogens with zero attached hydrogens (tertiary/aromatic N) is 5. The Bertz CT molecular complexity index is 1390. The first kappa shape index (κ1) is 22.1. The molecule has 1 saturated heterocycles. The minimum Gasteiger partial charge on any atom is -0.495 e. The summed E-state index contributed by atoms with van der Waals surface area (Å²) in [5.41, 5.74) is 3.52. The molecule has 0 aliphatic carbocycles. The van der Waals surface area contributed by atoms with Crippen LogP contribution in [-0.4, -0.2) is 52.0 Å². The molecule has 9 heteroatoms. The van der Waals surface area contributed by atoms with Crippen LogP contribution in [0.5, 0.6) is 5.75 Å². The maximum absolute atomic E-state index is 13.2. The maximum Gasteiger partial charge on any atom is 0.264 e. The third-order valence-electron chi connectivity index (χ3n) is 6.04. The monoisotopic (exact) mass is 475 g/mol. The number of carbonyl (C=O) groups is 2. The van der Waals surface area contributed by atoms with Gasteiger partial charge in [0.05, 0.1) is 24.2 Å². The number of hydrogen-bond donors (Lipinski definition) is 0. The lowest BCUT2D eigenvalue weighted by Crippen LogP contribution is -2.26. The highest BCUT2D eigenvalue weighted by Gasteiger charge is 2.25. The standard InChI is InChI=1S/C25H25N5O3S/c1-16-13-20(25(32)28(2)15-22-27-26-21-7-4-5-11-30(21)22)34-24(16)17-9-10-18(19(14-17)33-3)29-12-6-8-23(29)31/h4-5,7,9-11,13-14H,6,8,12,15H2,1-3H3. The molecule has 4 heterocycles. The second-order valence-corrected chi connectivity index (χ2v) is 9.42. The van der Waals surface area contributed by atoms with Crippen LogP contribution in [0.4, 0.5) is 5.69 Å². The Morgan fingerprint density at radius 3 is 2.82 bits per heavy atom. The van der Waals surface area contributed by atoms with E-state index in [0.29, 0.717) is 36.0 Å². The number of aromatic nitrogens is 3. The topological polar surface area (TPSA) is 80.0 Å². The van der Waals surface area contributed by atoms with Crippen LogP contribution in [0.3, 0.4) is 0 Å². The molecule has 174 valence electrons. The third kappa shape index (κ3) is 3.92. The van der Waals surface area contributed by atoms with Crippen LogP contribution in [0, 0.1) is 6.92 Å². The molecule has 1 aliphatic rings. The van der Waals surface area contributed by atoms with Crippen LogP contribution in [0.2, 0.25) is 0 Å². The van der Waals surface area contributed by atoms with Gasteiger partial charge in [-0.15, -0.1) is 21.5 Å². The lowest BCUT2D eigenvalue weighted by molar-refractivity contribution is -0.117. The number of methoxy groups -OCH3 is 1. The number of anilines is 1. The number of pyridine rings is 1. The Morgan fingerprint density at radius 2 is 2.06 bits per heavy atom. The summed E-state index contributed by atoms with van der Waals surface area (Å²) < 4.78 is 7.50. The SMILES string of the molecule is COc1cc(-c2sc(C(=O)N(C)Cc3nnc4ccccn34)cc2C)ccc1N1CCCC1=O. The van der Waals surface area contributed by atoms with E-state index < -0.39 is 0 Å². The summed E-state index contributed by atoms with van der Waals surface area (Å²) in [4.78, 5) is 30.5. The molecule has 1 aromatic carbocycles. The van der Waals surface area contributed by atoms with E-state index in [9.17, 15) is 9.59 Å². The Balaban J connectivity index is 1.39. The smallest absolute Gasteiger partial charge is 0.264 e. The summed E-state index contributed by atoms with van der Waals surface area (Å²) >= 11 is 1.45. The van der Waals surface area contributed by atoms with Crippen molar-refractivity contribution in [2.24, 2.45) is 0 Å². The van der Waals surface area contributed by atoms with Crippen LogP contribution >= 0.6 is 11.3 Å². The van der Waals surface area contributed by atoms with Gasteiger partial charge in [-0.3, -0.25) is 14.0 Å². The first-order chi connectivity index (χ1) is 16.5. The van der Waals surface area contributed by atoms with Crippen LogP contribution < -0.4 is 9.64 Å². The number of carbonyl (C=O) groups excluding carboxylic acids is 2. The van der Waals surface area contributed by atoms with Crippen molar-refractivity contribution >= 4 is 34.5 Å². The molecule has 0 bridgehead atoms. The molecule has 0 radical (unpaired) electrons. The number of rotatable bonds is 6. The molecule has 0 atom stereocenters.